The first-order chi connectivity index (χ1) is 9.34. The molecule has 1 aliphatic rings. The van der Waals surface area contributed by atoms with E-state index in [1.165, 1.54) is 30.2 Å². The predicted octanol–water partition coefficient (Wildman–Crippen LogP) is 1.58. The van der Waals surface area contributed by atoms with Crippen molar-refractivity contribution < 1.29 is 27.4 Å². The van der Waals surface area contributed by atoms with Crippen molar-refractivity contribution in [3.63, 3.8) is 0 Å². The SMILES string of the molecule is COCN1C(=O)COc2ccc(C(N)C(F)(F)F)cc21. The summed E-state index contributed by atoms with van der Waals surface area (Å²) < 4.78 is 47.9. The molecule has 2 rings (SSSR count). The van der Waals surface area contributed by atoms with Gasteiger partial charge in [0.05, 0.1) is 5.69 Å². The van der Waals surface area contributed by atoms with E-state index in [1.807, 2.05) is 0 Å². The lowest BCUT2D eigenvalue weighted by molar-refractivity contribution is -0.149. The van der Waals surface area contributed by atoms with Crippen molar-refractivity contribution in [1.29, 1.82) is 0 Å². The van der Waals surface area contributed by atoms with Gasteiger partial charge in [0.1, 0.15) is 18.5 Å². The Morgan fingerprint density at radius 3 is 2.80 bits per heavy atom. The van der Waals surface area contributed by atoms with Crippen LogP contribution in [0.2, 0.25) is 0 Å². The number of benzene rings is 1. The van der Waals surface area contributed by atoms with Crippen LogP contribution in [0.15, 0.2) is 18.2 Å². The summed E-state index contributed by atoms with van der Waals surface area (Å²) in [6.07, 6.45) is -4.56. The van der Waals surface area contributed by atoms with Crippen LogP contribution in [0.3, 0.4) is 0 Å². The molecule has 2 N–H and O–H groups in total. The molecule has 8 heteroatoms. The van der Waals surface area contributed by atoms with E-state index >= 15 is 0 Å². The lowest BCUT2D eigenvalue weighted by atomic mass is 10.1. The summed E-state index contributed by atoms with van der Waals surface area (Å²) in [5.74, 6) is -0.0724. The maximum Gasteiger partial charge on any atom is 0.407 e. The number of rotatable bonds is 3. The molecular weight excluding hydrogens is 277 g/mol. The van der Waals surface area contributed by atoms with Gasteiger partial charge < -0.3 is 15.2 Å². The molecule has 0 fully saturated rings. The number of carbonyl (C=O) groups excluding carboxylic acids is 1. The number of ether oxygens (including phenoxy) is 2. The zero-order valence-electron chi connectivity index (χ0n) is 10.6. The Morgan fingerprint density at radius 2 is 2.20 bits per heavy atom. The fourth-order valence-corrected chi connectivity index (χ4v) is 1.87. The summed E-state index contributed by atoms with van der Waals surface area (Å²) in [7, 11) is 1.38. The summed E-state index contributed by atoms with van der Waals surface area (Å²) in [6.45, 7) is -0.249. The maximum absolute atomic E-state index is 12.6. The monoisotopic (exact) mass is 290 g/mol. The smallest absolute Gasteiger partial charge is 0.407 e. The number of nitrogens with zero attached hydrogens (tertiary/aromatic N) is 1. The van der Waals surface area contributed by atoms with E-state index in [2.05, 4.69) is 0 Å². The molecule has 0 radical (unpaired) electrons. The fraction of sp³-hybridized carbons (Fsp3) is 0.417. The van der Waals surface area contributed by atoms with Crippen LogP contribution in [0.5, 0.6) is 5.75 Å². The zero-order valence-corrected chi connectivity index (χ0v) is 10.6. The standard InChI is InChI=1S/C12H13F3N2O3/c1-19-6-17-8-4-7(11(16)12(13,14)15)2-3-9(8)20-5-10(17)18/h2-4,11H,5-6,16H2,1H3. The number of anilines is 1. The third kappa shape index (κ3) is 2.70. The molecular formula is C12H13F3N2O3. The van der Waals surface area contributed by atoms with E-state index < -0.39 is 18.1 Å². The first-order valence-corrected chi connectivity index (χ1v) is 5.73. The number of hydrogen-bond donors (Lipinski definition) is 1. The van der Waals surface area contributed by atoms with Gasteiger partial charge in [-0.2, -0.15) is 13.2 Å². The van der Waals surface area contributed by atoms with Crippen LogP contribution in [0, 0.1) is 0 Å². The van der Waals surface area contributed by atoms with Crippen LogP contribution in [-0.2, 0) is 9.53 Å². The molecule has 1 aromatic carbocycles. The van der Waals surface area contributed by atoms with E-state index in [4.69, 9.17) is 15.2 Å². The average Bonchev–Trinajstić information content (AvgIpc) is 2.40. The molecule has 1 heterocycles. The highest BCUT2D eigenvalue weighted by atomic mass is 19.4. The Morgan fingerprint density at radius 1 is 1.50 bits per heavy atom. The molecule has 0 spiro atoms. The summed E-state index contributed by atoms with van der Waals surface area (Å²) in [6, 6.07) is 1.68. The lowest BCUT2D eigenvalue weighted by Crippen LogP contribution is -2.40. The first kappa shape index (κ1) is 14.6. The molecule has 5 nitrogen and oxygen atoms in total. The van der Waals surface area contributed by atoms with Gasteiger partial charge in [-0.1, -0.05) is 6.07 Å². The molecule has 110 valence electrons. The minimum Gasteiger partial charge on any atom is -0.482 e. The second-order valence-corrected chi connectivity index (χ2v) is 4.27. The van der Waals surface area contributed by atoms with Crippen LogP contribution in [0.1, 0.15) is 11.6 Å². The molecule has 20 heavy (non-hydrogen) atoms. The van der Waals surface area contributed by atoms with Crippen LogP contribution in [0.4, 0.5) is 18.9 Å². The summed E-state index contributed by atoms with van der Waals surface area (Å²) >= 11 is 0. The molecule has 1 aromatic rings. The second kappa shape index (κ2) is 5.29. The van der Waals surface area contributed by atoms with E-state index in [0.29, 0.717) is 5.75 Å². The van der Waals surface area contributed by atoms with Gasteiger partial charge in [-0.25, -0.2) is 0 Å². The Balaban J connectivity index is 2.40. The van der Waals surface area contributed by atoms with E-state index in [-0.39, 0.29) is 24.6 Å². The normalized spacial score (nSPS) is 16.6. The van der Waals surface area contributed by atoms with Crippen molar-refractivity contribution in [1.82, 2.24) is 0 Å². The average molecular weight is 290 g/mol. The molecule has 0 aliphatic carbocycles. The van der Waals surface area contributed by atoms with Crippen LogP contribution < -0.4 is 15.4 Å². The number of amides is 1. The van der Waals surface area contributed by atoms with Crippen molar-refractivity contribution in [2.45, 2.75) is 12.2 Å². The molecule has 0 aromatic heterocycles. The largest absolute Gasteiger partial charge is 0.482 e. The Bertz CT molecular complexity index is 519. The fourth-order valence-electron chi connectivity index (χ4n) is 1.87. The minimum absolute atomic E-state index is 0.0695. The third-order valence-corrected chi connectivity index (χ3v) is 2.90. The quantitative estimate of drug-likeness (QED) is 0.918. The highest BCUT2D eigenvalue weighted by molar-refractivity contribution is 5.97. The van der Waals surface area contributed by atoms with Gasteiger partial charge in [-0.15, -0.1) is 0 Å². The zero-order chi connectivity index (χ0) is 14.9. The second-order valence-electron chi connectivity index (χ2n) is 4.27. The maximum atomic E-state index is 12.6. The van der Waals surface area contributed by atoms with Crippen molar-refractivity contribution in [3.05, 3.63) is 23.8 Å². The van der Waals surface area contributed by atoms with Crippen molar-refractivity contribution in [2.24, 2.45) is 5.73 Å². The Hall–Kier alpha value is -1.80. The van der Waals surface area contributed by atoms with Crippen LogP contribution in [-0.4, -0.2) is 32.5 Å². The summed E-state index contributed by atoms with van der Waals surface area (Å²) in [5, 5.41) is 0. The van der Waals surface area contributed by atoms with E-state index in [1.54, 1.807) is 0 Å². The van der Waals surface area contributed by atoms with Crippen LogP contribution >= 0.6 is 0 Å². The van der Waals surface area contributed by atoms with Gasteiger partial charge in [0.25, 0.3) is 5.91 Å². The molecule has 0 saturated heterocycles. The van der Waals surface area contributed by atoms with Crippen molar-refractivity contribution >= 4 is 11.6 Å². The summed E-state index contributed by atoms with van der Waals surface area (Å²) in [4.78, 5) is 12.9. The number of methoxy groups -OCH3 is 1. The molecule has 0 saturated carbocycles. The number of halogens is 3. The molecule has 1 atom stereocenters. The molecule has 1 unspecified atom stereocenters. The van der Waals surface area contributed by atoms with Crippen LogP contribution in [0.25, 0.3) is 0 Å². The lowest BCUT2D eigenvalue weighted by Gasteiger charge is -2.29. The van der Waals surface area contributed by atoms with Crippen molar-refractivity contribution in [2.75, 3.05) is 25.3 Å². The van der Waals surface area contributed by atoms with E-state index in [0.717, 1.165) is 0 Å². The molecule has 1 aliphatic heterocycles. The van der Waals surface area contributed by atoms with Gasteiger partial charge in [-0.3, -0.25) is 9.69 Å². The van der Waals surface area contributed by atoms with Gasteiger partial charge in [0.2, 0.25) is 0 Å². The number of nitrogens with two attached hydrogens (primary N) is 1. The number of carbonyl (C=O) groups is 1. The van der Waals surface area contributed by atoms with Gasteiger partial charge in [0.15, 0.2) is 6.61 Å². The van der Waals surface area contributed by atoms with E-state index in [9.17, 15) is 18.0 Å². The highest BCUT2D eigenvalue weighted by Gasteiger charge is 2.38. The number of fused-ring (bicyclic) bond motifs is 1. The van der Waals surface area contributed by atoms with Crippen molar-refractivity contribution in [3.8, 4) is 5.75 Å². The minimum atomic E-state index is -4.56. The Kier molecular flexibility index (Phi) is 3.87. The predicted molar refractivity (Wildman–Crippen MR) is 64.3 cm³/mol. The summed E-state index contributed by atoms with van der Waals surface area (Å²) in [5.41, 5.74) is 5.24. The van der Waals surface area contributed by atoms with Gasteiger partial charge in [-0.05, 0) is 17.7 Å². The number of hydrogen-bond acceptors (Lipinski definition) is 4. The third-order valence-electron chi connectivity index (χ3n) is 2.90. The highest BCUT2D eigenvalue weighted by Crippen LogP contribution is 2.37. The molecule has 1 amide bonds. The van der Waals surface area contributed by atoms with Gasteiger partial charge in [0, 0.05) is 7.11 Å². The Labute approximate surface area is 113 Å². The topological polar surface area (TPSA) is 64.8 Å². The molecule has 0 bridgehead atoms. The van der Waals surface area contributed by atoms with Gasteiger partial charge >= 0.3 is 6.18 Å². The number of alkyl halides is 3. The first-order valence-electron chi connectivity index (χ1n) is 5.73.